The van der Waals surface area contributed by atoms with E-state index in [1.54, 1.807) is 6.92 Å². The Labute approximate surface area is 126 Å². The molecule has 0 aromatic carbocycles. The standard InChI is InChI=1S/C13H19N3O4S/c1-7(2)8-5-21-12(14-8)16-11(19)15-9-4-20-6-13(9,3)10(17)18/h5,7,9H,4,6H2,1-3H3,(H,17,18)(H2,14,15,16,19). The molecule has 0 saturated carbocycles. The van der Waals surface area contributed by atoms with E-state index in [-0.39, 0.29) is 13.2 Å². The van der Waals surface area contributed by atoms with Crippen LogP contribution in [0.1, 0.15) is 32.4 Å². The summed E-state index contributed by atoms with van der Waals surface area (Å²) in [6.07, 6.45) is 0. The lowest BCUT2D eigenvalue weighted by molar-refractivity contribution is -0.148. The maximum absolute atomic E-state index is 12.0. The molecule has 1 aliphatic rings. The van der Waals surface area contributed by atoms with Crippen LogP contribution in [0.3, 0.4) is 0 Å². The van der Waals surface area contributed by atoms with Crippen molar-refractivity contribution in [2.24, 2.45) is 5.41 Å². The Kier molecular flexibility index (Phi) is 4.48. The summed E-state index contributed by atoms with van der Waals surface area (Å²) in [5, 5.41) is 16.9. The largest absolute Gasteiger partial charge is 0.481 e. The number of carbonyl (C=O) groups is 2. The van der Waals surface area contributed by atoms with Gasteiger partial charge in [0.2, 0.25) is 0 Å². The van der Waals surface area contributed by atoms with Gasteiger partial charge in [0.1, 0.15) is 5.41 Å². The van der Waals surface area contributed by atoms with Crippen molar-refractivity contribution in [3.05, 3.63) is 11.1 Å². The highest BCUT2D eigenvalue weighted by molar-refractivity contribution is 7.13. The van der Waals surface area contributed by atoms with Crippen molar-refractivity contribution in [3.63, 3.8) is 0 Å². The topological polar surface area (TPSA) is 101 Å². The molecule has 1 aliphatic heterocycles. The fraction of sp³-hybridized carbons (Fsp3) is 0.615. The van der Waals surface area contributed by atoms with E-state index in [4.69, 9.17) is 4.74 Å². The van der Waals surface area contributed by atoms with E-state index in [0.717, 1.165) is 5.69 Å². The van der Waals surface area contributed by atoms with Crippen molar-refractivity contribution in [3.8, 4) is 0 Å². The van der Waals surface area contributed by atoms with Crippen LogP contribution in [-0.4, -0.2) is 41.3 Å². The molecule has 1 aromatic heterocycles. The number of aliphatic carboxylic acids is 1. The lowest BCUT2D eigenvalue weighted by atomic mass is 9.85. The first-order valence-corrected chi connectivity index (χ1v) is 7.55. The van der Waals surface area contributed by atoms with Crippen LogP contribution >= 0.6 is 11.3 Å². The number of anilines is 1. The van der Waals surface area contributed by atoms with E-state index in [9.17, 15) is 14.7 Å². The number of amides is 2. The molecule has 3 N–H and O–H groups in total. The summed E-state index contributed by atoms with van der Waals surface area (Å²) in [7, 11) is 0. The number of carboxylic acid groups (broad SMARTS) is 1. The summed E-state index contributed by atoms with van der Waals surface area (Å²) in [5.74, 6) is -0.694. The maximum atomic E-state index is 12.0. The zero-order valence-corrected chi connectivity index (χ0v) is 13.0. The van der Waals surface area contributed by atoms with Gasteiger partial charge in [0.25, 0.3) is 0 Å². The molecular weight excluding hydrogens is 294 g/mol. The van der Waals surface area contributed by atoms with Gasteiger partial charge in [-0.25, -0.2) is 9.78 Å². The van der Waals surface area contributed by atoms with Crippen molar-refractivity contribution in [2.45, 2.75) is 32.7 Å². The highest BCUT2D eigenvalue weighted by atomic mass is 32.1. The van der Waals surface area contributed by atoms with Crippen LogP contribution in [0.4, 0.5) is 9.93 Å². The molecule has 2 heterocycles. The molecule has 0 bridgehead atoms. The summed E-state index contributed by atoms with van der Waals surface area (Å²) in [6, 6.07) is -1.04. The smallest absolute Gasteiger partial charge is 0.321 e. The fourth-order valence-electron chi connectivity index (χ4n) is 1.99. The van der Waals surface area contributed by atoms with E-state index in [1.165, 1.54) is 11.3 Å². The fourth-order valence-corrected chi connectivity index (χ4v) is 2.85. The molecule has 2 atom stereocenters. The van der Waals surface area contributed by atoms with E-state index in [0.29, 0.717) is 11.0 Å². The Morgan fingerprint density at radius 2 is 2.29 bits per heavy atom. The summed E-state index contributed by atoms with van der Waals surface area (Å²) >= 11 is 1.34. The summed E-state index contributed by atoms with van der Waals surface area (Å²) in [6.45, 7) is 5.88. The van der Waals surface area contributed by atoms with Crippen LogP contribution in [0.25, 0.3) is 0 Å². The summed E-state index contributed by atoms with van der Waals surface area (Å²) in [5.41, 5.74) is -0.196. The van der Waals surface area contributed by atoms with Crippen LogP contribution in [0.5, 0.6) is 0 Å². The monoisotopic (exact) mass is 313 g/mol. The number of thiazole rings is 1. The van der Waals surface area contributed by atoms with E-state index >= 15 is 0 Å². The number of nitrogens with one attached hydrogen (secondary N) is 2. The van der Waals surface area contributed by atoms with Crippen LogP contribution in [0.2, 0.25) is 0 Å². The zero-order chi connectivity index (χ0) is 15.6. The minimum absolute atomic E-state index is 0.0853. The molecule has 21 heavy (non-hydrogen) atoms. The van der Waals surface area contributed by atoms with E-state index in [1.807, 2.05) is 19.2 Å². The van der Waals surface area contributed by atoms with Crippen LogP contribution in [-0.2, 0) is 9.53 Å². The number of hydrogen-bond donors (Lipinski definition) is 3. The first-order chi connectivity index (χ1) is 9.83. The number of ether oxygens (including phenoxy) is 1. The van der Waals surface area contributed by atoms with Gasteiger partial charge in [-0.2, -0.15) is 0 Å². The second kappa shape index (κ2) is 5.98. The highest BCUT2D eigenvalue weighted by Gasteiger charge is 2.47. The Morgan fingerprint density at radius 3 is 2.86 bits per heavy atom. The first kappa shape index (κ1) is 15.7. The third-order valence-corrected chi connectivity index (χ3v) is 4.36. The van der Waals surface area contributed by atoms with Gasteiger partial charge >= 0.3 is 12.0 Å². The third-order valence-electron chi connectivity index (χ3n) is 3.58. The van der Waals surface area contributed by atoms with E-state index in [2.05, 4.69) is 15.6 Å². The van der Waals surface area contributed by atoms with Crippen molar-refractivity contribution in [1.29, 1.82) is 0 Å². The lowest BCUT2D eigenvalue weighted by Gasteiger charge is -2.25. The molecular formula is C13H19N3O4S. The van der Waals surface area contributed by atoms with Crippen molar-refractivity contribution in [1.82, 2.24) is 10.3 Å². The Morgan fingerprint density at radius 1 is 1.57 bits per heavy atom. The highest BCUT2D eigenvalue weighted by Crippen LogP contribution is 2.29. The van der Waals surface area contributed by atoms with Crippen LogP contribution < -0.4 is 10.6 Å². The molecule has 8 heteroatoms. The predicted molar refractivity (Wildman–Crippen MR) is 78.7 cm³/mol. The molecule has 2 rings (SSSR count). The quantitative estimate of drug-likeness (QED) is 0.788. The number of rotatable bonds is 4. The number of nitrogens with zero attached hydrogens (tertiary/aromatic N) is 1. The minimum Gasteiger partial charge on any atom is -0.481 e. The van der Waals surface area contributed by atoms with Crippen LogP contribution in [0.15, 0.2) is 5.38 Å². The van der Waals surface area contributed by atoms with Crippen molar-refractivity contribution < 1.29 is 19.4 Å². The molecule has 0 spiro atoms. The van der Waals surface area contributed by atoms with Gasteiger partial charge in [0.05, 0.1) is 24.9 Å². The van der Waals surface area contributed by atoms with Crippen molar-refractivity contribution >= 4 is 28.5 Å². The lowest BCUT2D eigenvalue weighted by Crippen LogP contribution is -2.50. The molecule has 2 amide bonds. The second-order valence-electron chi connectivity index (χ2n) is 5.62. The summed E-state index contributed by atoms with van der Waals surface area (Å²) < 4.78 is 5.18. The average Bonchev–Trinajstić information content (AvgIpc) is 2.98. The van der Waals surface area contributed by atoms with Crippen LogP contribution in [0, 0.1) is 5.41 Å². The Hall–Kier alpha value is -1.67. The molecule has 116 valence electrons. The van der Waals surface area contributed by atoms with Gasteiger partial charge in [-0.3, -0.25) is 10.1 Å². The number of aromatic nitrogens is 1. The van der Waals surface area contributed by atoms with E-state index < -0.39 is 23.5 Å². The van der Waals surface area contributed by atoms with Gasteiger partial charge in [-0.05, 0) is 12.8 Å². The number of urea groups is 1. The molecule has 0 radical (unpaired) electrons. The van der Waals surface area contributed by atoms with Gasteiger partial charge in [0.15, 0.2) is 5.13 Å². The normalized spacial score (nSPS) is 25.0. The summed E-state index contributed by atoms with van der Waals surface area (Å²) in [4.78, 5) is 27.5. The predicted octanol–water partition coefficient (Wildman–Crippen LogP) is 1.88. The number of carbonyl (C=O) groups excluding carboxylic acids is 1. The minimum atomic E-state index is -1.11. The molecule has 7 nitrogen and oxygen atoms in total. The van der Waals surface area contributed by atoms with Gasteiger partial charge in [-0.15, -0.1) is 11.3 Å². The van der Waals surface area contributed by atoms with Crippen molar-refractivity contribution in [2.75, 3.05) is 18.5 Å². The SMILES string of the molecule is CC(C)c1csc(NC(=O)NC2COCC2(C)C(=O)O)n1. The van der Waals surface area contributed by atoms with Gasteiger partial charge in [0, 0.05) is 5.38 Å². The molecule has 0 aliphatic carbocycles. The molecule has 1 aromatic rings. The molecule has 2 unspecified atom stereocenters. The average molecular weight is 313 g/mol. The third kappa shape index (κ3) is 3.33. The molecule has 1 fully saturated rings. The van der Waals surface area contributed by atoms with Gasteiger partial charge < -0.3 is 15.2 Å². The van der Waals surface area contributed by atoms with Gasteiger partial charge in [-0.1, -0.05) is 13.8 Å². The molecule has 1 saturated heterocycles. The number of hydrogen-bond acceptors (Lipinski definition) is 5. The zero-order valence-electron chi connectivity index (χ0n) is 12.2. The Balaban J connectivity index is 1.96. The second-order valence-corrected chi connectivity index (χ2v) is 6.48. The maximum Gasteiger partial charge on any atom is 0.321 e. The number of carboxylic acids is 1. The Bertz CT molecular complexity index is 545. The first-order valence-electron chi connectivity index (χ1n) is 6.67.